The van der Waals surface area contributed by atoms with Gasteiger partial charge in [-0.15, -0.1) is 0 Å². The van der Waals surface area contributed by atoms with Gasteiger partial charge in [0.1, 0.15) is 0 Å². The fourth-order valence-electron chi connectivity index (χ4n) is 2.96. The Morgan fingerprint density at radius 1 is 1.24 bits per heavy atom. The third kappa shape index (κ3) is 2.37. The summed E-state index contributed by atoms with van der Waals surface area (Å²) < 4.78 is 2.17. The molecule has 3 heteroatoms. The van der Waals surface area contributed by atoms with Crippen LogP contribution in [0, 0.1) is 5.92 Å². The number of benzene rings is 1. The maximum absolute atomic E-state index is 12.5. The summed E-state index contributed by atoms with van der Waals surface area (Å²) in [6.07, 6.45) is 3.17. The highest BCUT2D eigenvalue weighted by Crippen LogP contribution is 2.28. The minimum absolute atomic E-state index is 0.183. The number of carbonyl (C=O) groups excluding carboxylic acids is 1. The molecule has 1 aromatic heterocycles. The van der Waals surface area contributed by atoms with Crippen molar-refractivity contribution in [1.82, 2.24) is 9.47 Å². The number of fused-ring (bicyclic) bond motifs is 1. The highest BCUT2D eigenvalue weighted by molar-refractivity contribution is 6.03. The Labute approximate surface area is 125 Å². The molecule has 1 aromatic carbocycles. The lowest BCUT2D eigenvalue weighted by Gasteiger charge is -2.20. The van der Waals surface area contributed by atoms with E-state index in [4.69, 9.17) is 0 Å². The number of aromatic nitrogens is 1. The van der Waals surface area contributed by atoms with E-state index < -0.39 is 0 Å². The van der Waals surface area contributed by atoms with Crippen LogP contribution in [-0.4, -0.2) is 28.5 Å². The topological polar surface area (TPSA) is 25.2 Å². The fraction of sp³-hybridized carbons (Fsp3) is 0.389. The van der Waals surface area contributed by atoms with Crippen LogP contribution < -0.4 is 0 Å². The number of nitrogens with zero attached hydrogens (tertiary/aromatic N) is 2. The van der Waals surface area contributed by atoms with Gasteiger partial charge in [0.2, 0.25) is 0 Å². The van der Waals surface area contributed by atoms with Gasteiger partial charge >= 0.3 is 0 Å². The van der Waals surface area contributed by atoms with Gasteiger partial charge in [0.05, 0.1) is 17.8 Å². The molecule has 0 radical (unpaired) electrons. The van der Waals surface area contributed by atoms with Gasteiger partial charge in [-0.05, 0) is 30.4 Å². The minimum atomic E-state index is 0.183. The van der Waals surface area contributed by atoms with Crippen molar-refractivity contribution in [1.29, 1.82) is 0 Å². The molecule has 1 aliphatic rings. The number of para-hydroxylation sites is 1. The fourth-order valence-corrected chi connectivity index (χ4v) is 2.96. The zero-order chi connectivity index (χ0) is 15.0. The van der Waals surface area contributed by atoms with Gasteiger partial charge in [-0.1, -0.05) is 38.5 Å². The average molecular weight is 282 g/mol. The van der Waals surface area contributed by atoms with Crippen LogP contribution in [0.25, 0.3) is 16.6 Å². The number of amides is 1. The lowest BCUT2D eigenvalue weighted by Crippen LogP contribution is -2.31. The zero-order valence-corrected chi connectivity index (χ0v) is 13.0. The van der Waals surface area contributed by atoms with Gasteiger partial charge < -0.3 is 9.47 Å². The van der Waals surface area contributed by atoms with Crippen LogP contribution in [0.3, 0.4) is 0 Å². The molecular formula is C18H22N2O. The predicted octanol–water partition coefficient (Wildman–Crippen LogP) is 3.76. The monoisotopic (exact) mass is 282 g/mol. The van der Waals surface area contributed by atoms with E-state index in [0.717, 1.165) is 24.2 Å². The van der Waals surface area contributed by atoms with E-state index in [0.29, 0.717) is 12.5 Å². The largest absolute Gasteiger partial charge is 0.333 e. The molecule has 0 saturated heterocycles. The molecule has 3 rings (SSSR count). The molecule has 0 saturated carbocycles. The van der Waals surface area contributed by atoms with Gasteiger partial charge in [-0.2, -0.15) is 0 Å². The molecule has 2 heterocycles. The Bertz CT molecular complexity index is 711. The molecule has 0 N–H and O–H groups in total. The summed E-state index contributed by atoms with van der Waals surface area (Å²) in [4.78, 5) is 14.4. The highest BCUT2D eigenvalue weighted by atomic mass is 16.2. The van der Waals surface area contributed by atoms with Gasteiger partial charge in [0, 0.05) is 18.3 Å². The normalized spacial score (nSPS) is 17.1. The number of hydrogen-bond acceptors (Lipinski definition) is 1. The molecule has 0 unspecified atom stereocenters. The first-order valence-corrected chi connectivity index (χ1v) is 7.67. The summed E-state index contributed by atoms with van der Waals surface area (Å²) in [7, 11) is 0. The van der Waals surface area contributed by atoms with Crippen molar-refractivity contribution in [2.24, 2.45) is 5.92 Å². The van der Waals surface area contributed by atoms with Crippen molar-refractivity contribution in [2.45, 2.75) is 27.2 Å². The maximum Gasteiger partial charge on any atom is 0.251 e. The Hall–Kier alpha value is -2.03. The van der Waals surface area contributed by atoms with Crippen LogP contribution in [0.5, 0.6) is 0 Å². The second kappa shape index (κ2) is 5.40. The molecule has 21 heavy (non-hydrogen) atoms. The molecule has 1 atom stereocenters. The molecule has 1 aliphatic heterocycles. The second-order valence-corrected chi connectivity index (χ2v) is 6.02. The van der Waals surface area contributed by atoms with Crippen molar-refractivity contribution in [3.05, 3.63) is 42.1 Å². The molecule has 1 amide bonds. The Balaban J connectivity index is 1.94. The first kappa shape index (κ1) is 13.9. The molecule has 3 nitrogen and oxygen atoms in total. The predicted molar refractivity (Wildman–Crippen MR) is 86.9 cm³/mol. The van der Waals surface area contributed by atoms with Crippen molar-refractivity contribution in [3.8, 4) is 0 Å². The third-order valence-corrected chi connectivity index (χ3v) is 4.50. The standard InChI is InChI=1S/C18H22N2O/c1-4-13(2)11-19-12-17(14(3)18(19)21)20-10-9-15-7-5-6-8-16(15)20/h5-10,13H,4,11-12H2,1-3H3/t13-/m0/s1. The van der Waals surface area contributed by atoms with E-state index in [1.54, 1.807) is 0 Å². The molecule has 0 spiro atoms. The maximum atomic E-state index is 12.5. The van der Waals surface area contributed by atoms with E-state index in [1.165, 1.54) is 10.9 Å². The second-order valence-electron chi connectivity index (χ2n) is 6.02. The number of carbonyl (C=O) groups is 1. The molecule has 2 aromatic rings. The van der Waals surface area contributed by atoms with E-state index in [9.17, 15) is 4.79 Å². The molecule has 0 fully saturated rings. The quantitative estimate of drug-likeness (QED) is 0.838. The zero-order valence-electron chi connectivity index (χ0n) is 13.0. The van der Waals surface area contributed by atoms with Gasteiger partial charge in [-0.3, -0.25) is 4.79 Å². The van der Waals surface area contributed by atoms with E-state index in [2.05, 4.69) is 42.8 Å². The van der Waals surface area contributed by atoms with Crippen LogP contribution in [0.1, 0.15) is 27.2 Å². The van der Waals surface area contributed by atoms with E-state index in [-0.39, 0.29) is 5.91 Å². The van der Waals surface area contributed by atoms with Crippen molar-refractivity contribution in [2.75, 3.05) is 13.1 Å². The van der Waals surface area contributed by atoms with Crippen LogP contribution >= 0.6 is 0 Å². The third-order valence-electron chi connectivity index (χ3n) is 4.50. The summed E-state index contributed by atoms with van der Waals surface area (Å²) in [6, 6.07) is 10.4. The average Bonchev–Trinajstić information content (AvgIpc) is 3.03. The van der Waals surface area contributed by atoms with Crippen LogP contribution in [0.15, 0.2) is 42.1 Å². The minimum Gasteiger partial charge on any atom is -0.333 e. The highest BCUT2D eigenvalue weighted by Gasteiger charge is 2.29. The lowest BCUT2D eigenvalue weighted by atomic mass is 10.1. The first-order valence-electron chi connectivity index (χ1n) is 7.67. The Morgan fingerprint density at radius 3 is 2.76 bits per heavy atom. The summed E-state index contributed by atoms with van der Waals surface area (Å²) in [5, 5.41) is 1.21. The lowest BCUT2D eigenvalue weighted by molar-refractivity contribution is -0.125. The molecular weight excluding hydrogens is 260 g/mol. The van der Waals surface area contributed by atoms with Crippen LogP contribution in [0.4, 0.5) is 0 Å². The van der Waals surface area contributed by atoms with Crippen molar-refractivity contribution >= 4 is 22.5 Å². The number of rotatable bonds is 4. The van der Waals surface area contributed by atoms with Gasteiger partial charge in [-0.25, -0.2) is 0 Å². The Morgan fingerprint density at radius 2 is 2.00 bits per heavy atom. The van der Waals surface area contributed by atoms with E-state index in [1.807, 2.05) is 24.0 Å². The number of hydrogen-bond donors (Lipinski definition) is 0. The van der Waals surface area contributed by atoms with E-state index >= 15 is 0 Å². The van der Waals surface area contributed by atoms with Gasteiger partial charge in [0.15, 0.2) is 0 Å². The van der Waals surface area contributed by atoms with Crippen molar-refractivity contribution in [3.63, 3.8) is 0 Å². The summed E-state index contributed by atoms with van der Waals surface area (Å²) >= 11 is 0. The smallest absolute Gasteiger partial charge is 0.251 e. The SMILES string of the molecule is CC[C@H](C)CN1CC(n2ccc3ccccc32)=C(C)C1=O. The van der Waals surface area contributed by atoms with Crippen molar-refractivity contribution < 1.29 is 4.79 Å². The van der Waals surface area contributed by atoms with Crippen LogP contribution in [0.2, 0.25) is 0 Å². The summed E-state index contributed by atoms with van der Waals surface area (Å²) in [6.45, 7) is 7.88. The Kier molecular flexibility index (Phi) is 3.58. The first-order chi connectivity index (χ1) is 10.1. The molecule has 0 aliphatic carbocycles. The van der Waals surface area contributed by atoms with Gasteiger partial charge in [0.25, 0.3) is 5.91 Å². The molecule has 0 bridgehead atoms. The molecule has 110 valence electrons. The summed E-state index contributed by atoms with van der Waals surface area (Å²) in [5.74, 6) is 0.727. The summed E-state index contributed by atoms with van der Waals surface area (Å²) in [5.41, 5.74) is 3.16. The van der Waals surface area contributed by atoms with Crippen LogP contribution in [-0.2, 0) is 4.79 Å².